The zero-order valence-corrected chi connectivity index (χ0v) is 15.5. The number of hydrogen-bond donors (Lipinski definition) is 0. The van der Waals surface area contributed by atoms with Gasteiger partial charge in [0.15, 0.2) is 0 Å². The molecule has 0 bridgehead atoms. The van der Waals surface area contributed by atoms with Gasteiger partial charge in [-0.3, -0.25) is 4.57 Å². The minimum absolute atomic E-state index is 0.225. The van der Waals surface area contributed by atoms with E-state index in [1.165, 1.54) is 17.7 Å². The fourth-order valence-corrected chi connectivity index (χ4v) is 3.96. The smallest absolute Gasteiger partial charge is 0.227 e. The van der Waals surface area contributed by atoms with Gasteiger partial charge < -0.3 is 9.64 Å². The molecule has 0 unspecified atom stereocenters. The fraction of sp³-hybridized carbons (Fsp3) is 0.368. The van der Waals surface area contributed by atoms with Crippen molar-refractivity contribution in [2.24, 2.45) is 0 Å². The normalized spacial score (nSPS) is 17.2. The van der Waals surface area contributed by atoms with Crippen LogP contribution >= 0.6 is 11.3 Å². The quantitative estimate of drug-likeness (QED) is 0.666. The Morgan fingerprint density at radius 1 is 1.19 bits per heavy atom. The van der Waals surface area contributed by atoms with Crippen molar-refractivity contribution in [3.05, 3.63) is 63.9 Å². The van der Waals surface area contributed by atoms with E-state index in [0.717, 1.165) is 43.4 Å². The van der Waals surface area contributed by atoms with Crippen molar-refractivity contribution < 1.29 is 9.13 Å². The van der Waals surface area contributed by atoms with Gasteiger partial charge in [0.25, 0.3) is 0 Å². The molecule has 0 aliphatic carbocycles. The van der Waals surface area contributed by atoms with Crippen molar-refractivity contribution in [3.8, 4) is 0 Å². The number of rotatable bonds is 6. The number of nitrogens with zero attached hydrogens (tertiary/aromatic N) is 4. The number of methoxy groups -OCH3 is 1. The lowest BCUT2D eigenvalue weighted by Gasteiger charge is -2.19. The van der Waals surface area contributed by atoms with Crippen molar-refractivity contribution in [1.82, 2.24) is 14.8 Å². The van der Waals surface area contributed by atoms with E-state index in [-0.39, 0.29) is 11.9 Å². The molecule has 0 saturated carbocycles. The Bertz CT molecular complexity index is 847. The lowest BCUT2D eigenvalue weighted by atomic mass is 10.1. The Kier molecular flexibility index (Phi) is 4.99. The summed E-state index contributed by atoms with van der Waals surface area (Å²) < 4.78 is 20.8. The third-order valence-electron chi connectivity index (χ3n) is 4.77. The van der Waals surface area contributed by atoms with Crippen LogP contribution in [0.2, 0.25) is 0 Å². The van der Waals surface area contributed by atoms with E-state index in [0.29, 0.717) is 6.42 Å². The first-order valence-electron chi connectivity index (χ1n) is 8.68. The number of ether oxygens (including phenoxy) is 1. The molecule has 7 heteroatoms. The Morgan fingerprint density at radius 3 is 2.73 bits per heavy atom. The summed E-state index contributed by atoms with van der Waals surface area (Å²) in [5.74, 6) is 1.54. The summed E-state index contributed by atoms with van der Waals surface area (Å²) in [4.78, 5) is 2.24. The summed E-state index contributed by atoms with van der Waals surface area (Å²) in [6.45, 7) is 2.47. The van der Waals surface area contributed by atoms with Gasteiger partial charge in [0, 0.05) is 26.6 Å². The molecule has 1 atom stereocenters. The standard InChI is InChI=1S/C19H21FN4OS/c1-25-17-6-8-23(12-17)19-22-21-18(10-14-2-4-16(20)5-3-14)24(19)11-15-7-9-26-13-15/h2-5,7,9,13,17H,6,8,10-12H2,1H3/t17-/m1/s1. The first-order chi connectivity index (χ1) is 12.7. The van der Waals surface area contributed by atoms with Crippen LogP contribution in [0, 0.1) is 5.82 Å². The van der Waals surface area contributed by atoms with Gasteiger partial charge in [0.05, 0.1) is 12.6 Å². The second-order valence-corrected chi connectivity index (χ2v) is 7.31. The summed E-state index contributed by atoms with van der Waals surface area (Å²) in [7, 11) is 1.75. The van der Waals surface area contributed by atoms with Gasteiger partial charge in [-0.2, -0.15) is 11.3 Å². The number of halogens is 1. The van der Waals surface area contributed by atoms with Gasteiger partial charge in [0.2, 0.25) is 5.95 Å². The Hall–Kier alpha value is -2.25. The minimum Gasteiger partial charge on any atom is -0.380 e. The molecule has 0 amide bonds. The van der Waals surface area contributed by atoms with E-state index >= 15 is 0 Å². The van der Waals surface area contributed by atoms with Crippen LogP contribution in [-0.2, 0) is 17.7 Å². The molecule has 4 rings (SSSR count). The predicted molar refractivity (Wildman–Crippen MR) is 100 cm³/mol. The van der Waals surface area contributed by atoms with Crippen molar-refractivity contribution in [2.75, 3.05) is 25.1 Å². The van der Waals surface area contributed by atoms with Crippen molar-refractivity contribution in [3.63, 3.8) is 0 Å². The summed E-state index contributed by atoms with van der Waals surface area (Å²) in [6.07, 6.45) is 1.86. The Morgan fingerprint density at radius 2 is 2.04 bits per heavy atom. The number of benzene rings is 1. The molecule has 2 aromatic heterocycles. The molecule has 3 aromatic rings. The molecule has 136 valence electrons. The van der Waals surface area contributed by atoms with Crippen molar-refractivity contribution in [2.45, 2.75) is 25.5 Å². The van der Waals surface area contributed by atoms with Crippen LogP contribution < -0.4 is 4.90 Å². The van der Waals surface area contributed by atoms with E-state index in [4.69, 9.17) is 4.74 Å². The Labute approximate surface area is 156 Å². The Balaban J connectivity index is 1.63. The summed E-state index contributed by atoms with van der Waals surface area (Å²) in [5.41, 5.74) is 2.26. The second kappa shape index (κ2) is 7.55. The fourth-order valence-electron chi connectivity index (χ4n) is 3.30. The van der Waals surface area contributed by atoms with Gasteiger partial charge in [-0.25, -0.2) is 4.39 Å². The molecule has 0 spiro atoms. The highest BCUT2D eigenvalue weighted by Crippen LogP contribution is 2.24. The summed E-state index contributed by atoms with van der Waals surface area (Å²) in [6, 6.07) is 8.70. The number of anilines is 1. The maximum atomic E-state index is 13.2. The second-order valence-electron chi connectivity index (χ2n) is 6.53. The third-order valence-corrected chi connectivity index (χ3v) is 5.50. The summed E-state index contributed by atoms with van der Waals surface area (Å²) >= 11 is 1.69. The monoisotopic (exact) mass is 372 g/mol. The zero-order valence-electron chi connectivity index (χ0n) is 14.6. The third kappa shape index (κ3) is 3.64. The maximum Gasteiger partial charge on any atom is 0.227 e. The molecule has 0 radical (unpaired) electrons. The highest BCUT2D eigenvalue weighted by Gasteiger charge is 2.27. The highest BCUT2D eigenvalue weighted by molar-refractivity contribution is 7.07. The average molecular weight is 372 g/mol. The van der Waals surface area contributed by atoms with Crippen molar-refractivity contribution >= 4 is 17.3 Å². The lowest BCUT2D eigenvalue weighted by Crippen LogP contribution is -2.26. The molecule has 0 N–H and O–H groups in total. The van der Waals surface area contributed by atoms with Crippen LogP contribution in [0.25, 0.3) is 0 Å². The van der Waals surface area contributed by atoms with Gasteiger partial charge in [-0.05, 0) is 46.5 Å². The minimum atomic E-state index is -0.225. The molecule has 1 aromatic carbocycles. The van der Waals surface area contributed by atoms with E-state index in [1.807, 2.05) is 0 Å². The molecule has 1 aliphatic rings. The number of thiophene rings is 1. The molecule has 1 fully saturated rings. The van der Waals surface area contributed by atoms with Crippen LogP contribution in [-0.4, -0.2) is 41.1 Å². The largest absolute Gasteiger partial charge is 0.380 e. The van der Waals surface area contributed by atoms with Gasteiger partial charge in [0.1, 0.15) is 11.6 Å². The number of aromatic nitrogens is 3. The van der Waals surface area contributed by atoms with Gasteiger partial charge >= 0.3 is 0 Å². The summed E-state index contributed by atoms with van der Waals surface area (Å²) in [5, 5.41) is 13.1. The highest BCUT2D eigenvalue weighted by atomic mass is 32.1. The van der Waals surface area contributed by atoms with Crippen LogP contribution in [0.15, 0.2) is 41.1 Å². The van der Waals surface area contributed by atoms with Crippen LogP contribution in [0.1, 0.15) is 23.4 Å². The molecule has 3 heterocycles. The van der Waals surface area contributed by atoms with Crippen LogP contribution in [0.5, 0.6) is 0 Å². The van der Waals surface area contributed by atoms with E-state index in [1.54, 1.807) is 30.6 Å². The molecule has 5 nitrogen and oxygen atoms in total. The zero-order chi connectivity index (χ0) is 17.9. The van der Waals surface area contributed by atoms with Crippen LogP contribution in [0.4, 0.5) is 10.3 Å². The topological polar surface area (TPSA) is 43.2 Å². The first kappa shape index (κ1) is 17.2. The lowest BCUT2D eigenvalue weighted by molar-refractivity contribution is 0.121. The van der Waals surface area contributed by atoms with Crippen molar-refractivity contribution in [1.29, 1.82) is 0 Å². The SMILES string of the molecule is CO[C@@H]1CCN(c2nnc(Cc3ccc(F)cc3)n2Cc2ccsc2)C1. The number of hydrogen-bond acceptors (Lipinski definition) is 5. The predicted octanol–water partition coefficient (Wildman–Crippen LogP) is 3.34. The van der Waals surface area contributed by atoms with Crippen LogP contribution in [0.3, 0.4) is 0 Å². The molecular formula is C19H21FN4OS. The maximum absolute atomic E-state index is 13.2. The molecule has 1 saturated heterocycles. The van der Waals surface area contributed by atoms with E-state index in [2.05, 4.69) is 36.5 Å². The van der Waals surface area contributed by atoms with E-state index in [9.17, 15) is 4.39 Å². The molecular weight excluding hydrogens is 351 g/mol. The molecule has 26 heavy (non-hydrogen) atoms. The van der Waals surface area contributed by atoms with Gasteiger partial charge in [-0.15, -0.1) is 10.2 Å². The first-order valence-corrected chi connectivity index (χ1v) is 9.62. The van der Waals surface area contributed by atoms with E-state index < -0.39 is 0 Å². The molecule has 1 aliphatic heterocycles. The van der Waals surface area contributed by atoms with Gasteiger partial charge in [-0.1, -0.05) is 12.1 Å². The average Bonchev–Trinajstić information content (AvgIpc) is 3.39.